The minimum absolute atomic E-state index is 0.0131. The van der Waals surface area contributed by atoms with Gasteiger partial charge in [0.2, 0.25) is 0 Å². The lowest BCUT2D eigenvalue weighted by molar-refractivity contribution is 0.0625. The molecule has 20 heavy (non-hydrogen) atoms. The molecule has 1 saturated heterocycles. The molecule has 1 amide bonds. The monoisotopic (exact) mass is 377 g/mol. The molecule has 6 heteroatoms. The van der Waals surface area contributed by atoms with Crippen LogP contribution in [-0.4, -0.2) is 48.6 Å². The second-order valence-electron chi connectivity index (χ2n) is 4.63. The highest BCUT2D eigenvalue weighted by atomic mass is 79.9. The van der Waals surface area contributed by atoms with Gasteiger partial charge in [0.25, 0.3) is 5.91 Å². The SMILES string of the molecule is COCCN(C(=O)c1cc(Br)ccc1Cl)C1CCSC1. The van der Waals surface area contributed by atoms with Gasteiger partial charge in [-0.2, -0.15) is 11.8 Å². The smallest absolute Gasteiger partial charge is 0.255 e. The van der Waals surface area contributed by atoms with Gasteiger partial charge in [-0.1, -0.05) is 27.5 Å². The van der Waals surface area contributed by atoms with Gasteiger partial charge >= 0.3 is 0 Å². The maximum atomic E-state index is 12.8. The van der Waals surface area contributed by atoms with E-state index in [1.165, 1.54) is 0 Å². The first-order valence-electron chi connectivity index (χ1n) is 6.46. The molecule has 1 atom stereocenters. The highest BCUT2D eigenvalue weighted by Gasteiger charge is 2.28. The molecule has 1 aromatic carbocycles. The molecule has 0 spiro atoms. The van der Waals surface area contributed by atoms with Crippen LogP contribution in [0.4, 0.5) is 0 Å². The van der Waals surface area contributed by atoms with Crippen molar-refractivity contribution < 1.29 is 9.53 Å². The summed E-state index contributed by atoms with van der Waals surface area (Å²) in [5.41, 5.74) is 0.550. The summed E-state index contributed by atoms with van der Waals surface area (Å²) in [6.07, 6.45) is 1.03. The lowest BCUT2D eigenvalue weighted by atomic mass is 10.1. The Kier molecular flexibility index (Phi) is 6.20. The number of benzene rings is 1. The van der Waals surface area contributed by atoms with Gasteiger partial charge in [0.1, 0.15) is 0 Å². The van der Waals surface area contributed by atoms with Gasteiger partial charge in [0.05, 0.1) is 17.2 Å². The van der Waals surface area contributed by atoms with E-state index >= 15 is 0 Å². The van der Waals surface area contributed by atoms with E-state index in [1.807, 2.05) is 22.7 Å². The first kappa shape index (κ1) is 16.1. The maximum Gasteiger partial charge on any atom is 0.255 e. The molecular weight excluding hydrogens is 362 g/mol. The Morgan fingerprint density at radius 2 is 2.40 bits per heavy atom. The van der Waals surface area contributed by atoms with E-state index in [9.17, 15) is 4.79 Å². The van der Waals surface area contributed by atoms with Crippen molar-refractivity contribution in [3.05, 3.63) is 33.3 Å². The van der Waals surface area contributed by atoms with Crippen LogP contribution in [0.2, 0.25) is 5.02 Å². The van der Waals surface area contributed by atoms with Crippen LogP contribution in [0.5, 0.6) is 0 Å². The molecular formula is C14H17BrClNO2S. The topological polar surface area (TPSA) is 29.5 Å². The summed E-state index contributed by atoms with van der Waals surface area (Å²) < 4.78 is 5.99. The van der Waals surface area contributed by atoms with E-state index in [0.717, 1.165) is 22.4 Å². The van der Waals surface area contributed by atoms with Gasteiger partial charge in [0, 0.05) is 29.9 Å². The molecule has 1 unspecified atom stereocenters. The second-order valence-corrected chi connectivity index (χ2v) is 7.11. The summed E-state index contributed by atoms with van der Waals surface area (Å²) >= 11 is 11.4. The van der Waals surface area contributed by atoms with Crippen LogP contribution in [0.15, 0.2) is 22.7 Å². The third-order valence-electron chi connectivity index (χ3n) is 3.30. The van der Waals surface area contributed by atoms with E-state index in [-0.39, 0.29) is 11.9 Å². The molecule has 0 saturated carbocycles. The van der Waals surface area contributed by atoms with Crippen molar-refractivity contribution in [1.29, 1.82) is 0 Å². The van der Waals surface area contributed by atoms with E-state index in [1.54, 1.807) is 19.2 Å². The van der Waals surface area contributed by atoms with Crippen molar-refractivity contribution in [3.8, 4) is 0 Å². The molecule has 0 bridgehead atoms. The zero-order chi connectivity index (χ0) is 14.5. The lowest BCUT2D eigenvalue weighted by Crippen LogP contribution is -2.42. The zero-order valence-electron chi connectivity index (χ0n) is 11.3. The Morgan fingerprint density at radius 3 is 3.05 bits per heavy atom. The number of carbonyl (C=O) groups is 1. The number of amides is 1. The number of carbonyl (C=O) groups excluding carboxylic acids is 1. The summed E-state index contributed by atoms with van der Waals surface area (Å²) in [6, 6.07) is 5.64. The van der Waals surface area contributed by atoms with Crippen molar-refractivity contribution in [2.75, 3.05) is 31.8 Å². The highest BCUT2D eigenvalue weighted by molar-refractivity contribution is 9.10. The van der Waals surface area contributed by atoms with E-state index in [4.69, 9.17) is 16.3 Å². The Labute approximate surface area is 137 Å². The Bertz CT molecular complexity index is 480. The molecule has 0 radical (unpaired) electrons. The van der Waals surface area contributed by atoms with Gasteiger partial charge in [0.15, 0.2) is 0 Å². The fourth-order valence-electron chi connectivity index (χ4n) is 2.22. The zero-order valence-corrected chi connectivity index (χ0v) is 14.4. The van der Waals surface area contributed by atoms with Crippen molar-refractivity contribution in [3.63, 3.8) is 0 Å². The molecule has 3 nitrogen and oxygen atoms in total. The number of ether oxygens (including phenoxy) is 1. The van der Waals surface area contributed by atoms with Crippen molar-refractivity contribution in [2.24, 2.45) is 0 Å². The highest BCUT2D eigenvalue weighted by Crippen LogP contribution is 2.27. The van der Waals surface area contributed by atoms with Crippen LogP contribution >= 0.6 is 39.3 Å². The van der Waals surface area contributed by atoms with Gasteiger partial charge in [-0.25, -0.2) is 0 Å². The van der Waals surface area contributed by atoms with E-state index in [0.29, 0.717) is 23.7 Å². The largest absolute Gasteiger partial charge is 0.383 e. The molecule has 2 rings (SSSR count). The molecule has 1 aliphatic heterocycles. The van der Waals surface area contributed by atoms with Crippen LogP contribution in [0.3, 0.4) is 0 Å². The predicted octanol–water partition coefficient (Wildman–Crippen LogP) is 3.70. The average molecular weight is 379 g/mol. The van der Waals surface area contributed by atoms with Crippen LogP contribution < -0.4 is 0 Å². The average Bonchev–Trinajstić information content (AvgIpc) is 2.95. The minimum Gasteiger partial charge on any atom is -0.383 e. The third kappa shape index (κ3) is 3.91. The number of hydrogen-bond acceptors (Lipinski definition) is 3. The quantitative estimate of drug-likeness (QED) is 0.782. The summed E-state index contributed by atoms with van der Waals surface area (Å²) in [5, 5.41) is 0.492. The first-order valence-corrected chi connectivity index (χ1v) is 8.78. The lowest BCUT2D eigenvalue weighted by Gasteiger charge is -2.28. The van der Waals surface area contributed by atoms with Gasteiger partial charge < -0.3 is 9.64 Å². The number of hydrogen-bond donors (Lipinski definition) is 0. The number of rotatable bonds is 5. The molecule has 0 aromatic heterocycles. The number of halogens is 2. The van der Waals surface area contributed by atoms with Gasteiger partial charge in [-0.3, -0.25) is 4.79 Å². The van der Waals surface area contributed by atoms with Crippen LogP contribution in [0.25, 0.3) is 0 Å². The Balaban J connectivity index is 2.22. The predicted molar refractivity (Wildman–Crippen MR) is 87.8 cm³/mol. The fraction of sp³-hybridized carbons (Fsp3) is 0.500. The molecule has 1 aromatic rings. The summed E-state index contributed by atoms with van der Waals surface area (Å²) in [6.45, 7) is 1.14. The molecule has 1 heterocycles. The van der Waals surface area contributed by atoms with Gasteiger partial charge in [-0.15, -0.1) is 0 Å². The van der Waals surface area contributed by atoms with Crippen molar-refractivity contribution >= 4 is 45.2 Å². The Morgan fingerprint density at radius 1 is 1.60 bits per heavy atom. The second kappa shape index (κ2) is 7.69. The third-order valence-corrected chi connectivity index (χ3v) is 5.27. The number of methoxy groups -OCH3 is 1. The molecule has 1 aliphatic rings. The Hall–Kier alpha value is -0.230. The molecule has 0 N–H and O–H groups in total. The summed E-state index contributed by atoms with van der Waals surface area (Å²) in [7, 11) is 1.65. The normalized spacial score (nSPS) is 18.2. The fourth-order valence-corrected chi connectivity index (χ4v) is 4.01. The van der Waals surface area contributed by atoms with Crippen LogP contribution in [-0.2, 0) is 4.74 Å². The molecule has 1 fully saturated rings. The van der Waals surface area contributed by atoms with Crippen LogP contribution in [0, 0.1) is 0 Å². The first-order chi connectivity index (χ1) is 9.63. The number of thioether (sulfide) groups is 1. The summed E-state index contributed by atoms with van der Waals surface area (Å²) in [4.78, 5) is 14.7. The van der Waals surface area contributed by atoms with E-state index < -0.39 is 0 Å². The van der Waals surface area contributed by atoms with Crippen molar-refractivity contribution in [2.45, 2.75) is 12.5 Å². The summed E-state index contributed by atoms with van der Waals surface area (Å²) in [5.74, 6) is 2.08. The molecule has 0 aliphatic carbocycles. The van der Waals surface area contributed by atoms with Crippen molar-refractivity contribution in [1.82, 2.24) is 4.90 Å². The minimum atomic E-state index is -0.0131. The van der Waals surface area contributed by atoms with Gasteiger partial charge in [-0.05, 0) is 30.4 Å². The van der Waals surface area contributed by atoms with E-state index in [2.05, 4.69) is 15.9 Å². The number of nitrogens with zero attached hydrogens (tertiary/aromatic N) is 1. The standard InChI is InChI=1S/C14H17BrClNO2S/c1-19-6-5-17(11-4-7-20-9-11)14(18)12-8-10(15)2-3-13(12)16/h2-3,8,11H,4-7,9H2,1H3. The van der Waals surface area contributed by atoms with Crippen LogP contribution in [0.1, 0.15) is 16.8 Å². The maximum absolute atomic E-state index is 12.8. The molecule has 110 valence electrons.